The number of Topliss-reactive ketones (excluding diaryl/α,β-unsaturated/α-hetero) is 1. The van der Waals surface area contributed by atoms with Crippen molar-refractivity contribution in [1.29, 1.82) is 0 Å². The van der Waals surface area contributed by atoms with E-state index in [4.69, 9.17) is 0 Å². The number of hydrogen-bond acceptors (Lipinski definition) is 1. The number of fused-ring (bicyclic) bond motifs is 1. The van der Waals surface area contributed by atoms with E-state index in [0.717, 1.165) is 19.3 Å². The van der Waals surface area contributed by atoms with Crippen molar-refractivity contribution >= 4 is 16.6 Å². The number of unbranched alkanes of at least 4 members (excludes halogenated alkanes) is 1. The van der Waals surface area contributed by atoms with Crippen molar-refractivity contribution in [3.8, 4) is 0 Å². The highest BCUT2D eigenvalue weighted by atomic mass is 16.1. The Kier molecular flexibility index (Phi) is 5.33. The first-order valence-corrected chi connectivity index (χ1v) is 9.50. The van der Waals surface area contributed by atoms with Crippen LogP contribution in [0.15, 0.2) is 36.5 Å². The Morgan fingerprint density at radius 1 is 1.08 bits per heavy atom. The van der Waals surface area contributed by atoms with E-state index in [1.807, 2.05) is 0 Å². The fourth-order valence-corrected chi connectivity index (χ4v) is 4.65. The van der Waals surface area contributed by atoms with Gasteiger partial charge in [0.25, 0.3) is 0 Å². The Labute approximate surface area is 145 Å². The quantitative estimate of drug-likeness (QED) is 0.540. The zero-order valence-electron chi connectivity index (χ0n) is 15.2. The van der Waals surface area contributed by atoms with Gasteiger partial charge in [-0.15, -0.1) is 0 Å². The molecule has 2 heteroatoms. The van der Waals surface area contributed by atoms with E-state index in [1.165, 1.54) is 55.0 Å². The van der Waals surface area contributed by atoms with Crippen LogP contribution in [0.2, 0.25) is 0 Å². The minimum atomic E-state index is 0.282. The molecule has 0 spiro atoms. The van der Waals surface area contributed by atoms with E-state index >= 15 is 0 Å². The number of carbonyl (C=O) groups is 1. The Balaban J connectivity index is 1.97. The largest absolute Gasteiger partial charge is 0.300 e. The zero-order valence-corrected chi connectivity index (χ0v) is 15.2. The average molecular weight is 324 g/mol. The molecule has 1 heterocycles. The SMILES string of the molecule is CC(=O)CCCCC1(c2c3ccccc3cc[n+]2C)CCCCC1. The van der Waals surface area contributed by atoms with Gasteiger partial charge in [-0.1, -0.05) is 43.9 Å². The second-order valence-electron chi connectivity index (χ2n) is 7.61. The van der Waals surface area contributed by atoms with Gasteiger partial charge in [-0.2, -0.15) is 0 Å². The molecule has 1 aliphatic carbocycles. The van der Waals surface area contributed by atoms with Gasteiger partial charge in [0.2, 0.25) is 0 Å². The van der Waals surface area contributed by atoms with Gasteiger partial charge in [0.05, 0.1) is 5.41 Å². The maximum Gasteiger partial charge on any atom is 0.195 e. The Bertz CT molecular complexity index is 713. The number of carbonyl (C=O) groups excluding carboxylic acids is 1. The second kappa shape index (κ2) is 7.46. The van der Waals surface area contributed by atoms with E-state index < -0.39 is 0 Å². The number of ketones is 1. The molecule has 0 radical (unpaired) electrons. The molecule has 1 aromatic heterocycles. The van der Waals surface area contributed by atoms with Crippen LogP contribution in [-0.4, -0.2) is 5.78 Å². The fourth-order valence-electron chi connectivity index (χ4n) is 4.65. The molecule has 0 aliphatic heterocycles. The highest BCUT2D eigenvalue weighted by Crippen LogP contribution is 2.44. The van der Waals surface area contributed by atoms with Crippen molar-refractivity contribution < 1.29 is 9.36 Å². The predicted molar refractivity (Wildman–Crippen MR) is 99.0 cm³/mol. The third kappa shape index (κ3) is 3.53. The smallest absolute Gasteiger partial charge is 0.195 e. The van der Waals surface area contributed by atoms with Gasteiger partial charge in [-0.05, 0) is 44.1 Å². The van der Waals surface area contributed by atoms with Crippen molar-refractivity contribution in [3.63, 3.8) is 0 Å². The lowest BCUT2D eigenvalue weighted by Gasteiger charge is -2.35. The molecule has 0 atom stereocenters. The van der Waals surface area contributed by atoms with E-state index in [-0.39, 0.29) is 5.41 Å². The highest BCUT2D eigenvalue weighted by molar-refractivity contribution is 5.84. The summed E-state index contributed by atoms with van der Waals surface area (Å²) < 4.78 is 2.36. The third-order valence-electron chi connectivity index (χ3n) is 5.79. The molecule has 0 saturated heterocycles. The van der Waals surface area contributed by atoms with E-state index in [0.29, 0.717) is 5.78 Å². The van der Waals surface area contributed by atoms with Crippen LogP contribution >= 0.6 is 0 Å². The zero-order chi connectivity index (χ0) is 17.0. The molecule has 0 N–H and O–H groups in total. The first-order chi connectivity index (χ1) is 11.6. The van der Waals surface area contributed by atoms with Crippen molar-refractivity contribution in [1.82, 2.24) is 0 Å². The summed E-state index contributed by atoms with van der Waals surface area (Å²) in [6.07, 6.45) is 13.0. The number of aryl methyl sites for hydroxylation is 1. The molecular weight excluding hydrogens is 294 g/mol. The Morgan fingerprint density at radius 3 is 2.58 bits per heavy atom. The topological polar surface area (TPSA) is 20.9 Å². The van der Waals surface area contributed by atoms with Crippen LogP contribution in [0.1, 0.15) is 70.4 Å². The summed E-state index contributed by atoms with van der Waals surface area (Å²) in [5.41, 5.74) is 1.80. The molecule has 1 saturated carbocycles. The molecule has 2 aromatic rings. The summed E-state index contributed by atoms with van der Waals surface area (Å²) in [6, 6.07) is 11.0. The number of aromatic nitrogens is 1. The predicted octanol–water partition coefficient (Wildman–Crippen LogP) is 5.02. The van der Waals surface area contributed by atoms with Crippen molar-refractivity contribution in [2.24, 2.45) is 7.05 Å². The van der Waals surface area contributed by atoms with Gasteiger partial charge in [-0.3, -0.25) is 0 Å². The second-order valence-corrected chi connectivity index (χ2v) is 7.61. The third-order valence-corrected chi connectivity index (χ3v) is 5.79. The monoisotopic (exact) mass is 324 g/mol. The fraction of sp³-hybridized carbons (Fsp3) is 0.545. The standard InChI is InChI=1S/C22H30NO/c1-18(24)10-6-9-16-22(14-7-3-8-15-22)21-20-12-5-4-11-19(20)13-17-23(21)2/h4-5,11-13,17H,3,6-10,14-16H2,1-2H3/q+1. The van der Waals surface area contributed by atoms with Crippen molar-refractivity contribution in [3.05, 3.63) is 42.2 Å². The first-order valence-electron chi connectivity index (χ1n) is 9.50. The van der Waals surface area contributed by atoms with E-state index in [2.05, 4.69) is 48.1 Å². The molecule has 1 aliphatic rings. The number of hydrogen-bond donors (Lipinski definition) is 0. The highest BCUT2D eigenvalue weighted by Gasteiger charge is 2.40. The molecule has 128 valence electrons. The molecule has 0 unspecified atom stereocenters. The molecule has 1 aromatic carbocycles. The van der Waals surface area contributed by atoms with Crippen molar-refractivity contribution in [2.45, 2.75) is 70.1 Å². The summed E-state index contributed by atoms with van der Waals surface area (Å²) in [5.74, 6) is 0.323. The maximum absolute atomic E-state index is 11.3. The summed E-state index contributed by atoms with van der Waals surface area (Å²) in [7, 11) is 2.20. The Hall–Kier alpha value is -1.70. The van der Waals surface area contributed by atoms with Gasteiger partial charge in [0.1, 0.15) is 12.8 Å². The van der Waals surface area contributed by atoms with Crippen LogP contribution in [0, 0.1) is 0 Å². The number of pyridine rings is 1. The summed E-state index contributed by atoms with van der Waals surface area (Å²) in [6.45, 7) is 1.71. The molecule has 24 heavy (non-hydrogen) atoms. The van der Waals surface area contributed by atoms with E-state index in [9.17, 15) is 4.79 Å². The van der Waals surface area contributed by atoms with Gasteiger partial charge < -0.3 is 4.79 Å². The van der Waals surface area contributed by atoms with Crippen LogP contribution in [0.3, 0.4) is 0 Å². The normalized spacial score (nSPS) is 17.1. The first kappa shape index (κ1) is 17.1. The molecular formula is C22H30NO+. The number of rotatable bonds is 6. The minimum absolute atomic E-state index is 0.282. The maximum atomic E-state index is 11.3. The van der Waals surface area contributed by atoms with Crippen LogP contribution in [0.5, 0.6) is 0 Å². The molecule has 3 rings (SSSR count). The van der Waals surface area contributed by atoms with Crippen molar-refractivity contribution in [2.75, 3.05) is 0 Å². The summed E-state index contributed by atoms with van der Waals surface area (Å²) in [5, 5.41) is 2.76. The van der Waals surface area contributed by atoms with Gasteiger partial charge in [0.15, 0.2) is 11.9 Å². The molecule has 2 nitrogen and oxygen atoms in total. The van der Waals surface area contributed by atoms with Gasteiger partial charge >= 0.3 is 0 Å². The van der Waals surface area contributed by atoms with Crippen LogP contribution in [-0.2, 0) is 17.3 Å². The Morgan fingerprint density at radius 2 is 1.83 bits per heavy atom. The summed E-state index contributed by atoms with van der Waals surface area (Å²) >= 11 is 0. The number of benzene rings is 1. The van der Waals surface area contributed by atoms with Gasteiger partial charge in [0, 0.05) is 17.9 Å². The lowest BCUT2D eigenvalue weighted by molar-refractivity contribution is -0.682. The number of nitrogens with zero attached hydrogens (tertiary/aromatic N) is 1. The molecule has 0 bridgehead atoms. The lowest BCUT2D eigenvalue weighted by Crippen LogP contribution is -2.44. The van der Waals surface area contributed by atoms with Crippen LogP contribution in [0.4, 0.5) is 0 Å². The molecule has 0 amide bonds. The van der Waals surface area contributed by atoms with E-state index in [1.54, 1.807) is 6.92 Å². The molecule has 1 fully saturated rings. The average Bonchev–Trinajstić information content (AvgIpc) is 2.59. The lowest BCUT2D eigenvalue weighted by atomic mass is 9.67. The van der Waals surface area contributed by atoms with Crippen LogP contribution in [0.25, 0.3) is 10.8 Å². The van der Waals surface area contributed by atoms with Gasteiger partial charge in [-0.25, -0.2) is 4.57 Å². The van der Waals surface area contributed by atoms with Crippen LogP contribution < -0.4 is 4.57 Å². The summed E-state index contributed by atoms with van der Waals surface area (Å²) in [4.78, 5) is 11.3. The minimum Gasteiger partial charge on any atom is -0.300 e.